The number of carbonyl (C=O) groups is 1. The molecule has 92 valence electrons. The molecule has 1 heterocycles. The van der Waals surface area contributed by atoms with Crippen LogP contribution < -0.4 is 5.73 Å². The van der Waals surface area contributed by atoms with Crippen LogP contribution in [0.15, 0.2) is 22.7 Å². The van der Waals surface area contributed by atoms with E-state index in [1.54, 1.807) is 24.1 Å². The number of carbonyl (C=O) groups excluding carboxylic acids is 1. The molecule has 0 spiro atoms. The summed E-state index contributed by atoms with van der Waals surface area (Å²) in [7, 11) is 1.71. The summed E-state index contributed by atoms with van der Waals surface area (Å²) in [5.41, 5.74) is 6.77. The second-order valence-corrected chi connectivity index (χ2v) is 5.18. The monoisotopic (exact) mass is 300 g/mol. The zero-order valence-corrected chi connectivity index (χ0v) is 11.1. The Hall–Kier alpha value is -0.940. The van der Waals surface area contributed by atoms with Crippen molar-refractivity contribution in [1.82, 2.24) is 4.90 Å². The first kappa shape index (κ1) is 12.5. The highest BCUT2D eigenvalue weighted by molar-refractivity contribution is 9.10. The Morgan fingerprint density at radius 2 is 2.24 bits per heavy atom. The Labute approximate surface area is 108 Å². The van der Waals surface area contributed by atoms with E-state index >= 15 is 0 Å². The highest BCUT2D eigenvalue weighted by Crippen LogP contribution is 2.31. The van der Waals surface area contributed by atoms with Crippen LogP contribution in [0.1, 0.15) is 24.4 Å². The number of rotatable bonds is 1. The third kappa shape index (κ3) is 2.35. The van der Waals surface area contributed by atoms with Gasteiger partial charge in [0.15, 0.2) is 0 Å². The molecule has 1 aromatic carbocycles. The summed E-state index contributed by atoms with van der Waals surface area (Å²) in [5.74, 6) is -0.277. The average Bonchev–Trinajstić information content (AvgIpc) is 2.29. The fraction of sp³-hybridized carbons (Fsp3) is 0.417. The normalized spacial score (nSPS) is 25.2. The van der Waals surface area contributed by atoms with Gasteiger partial charge in [0.2, 0.25) is 5.91 Å². The van der Waals surface area contributed by atoms with Crippen molar-refractivity contribution in [2.75, 3.05) is 7.05 Å². The molecular weight excluding hydrogens is 287 g/mol. The Bertz CT molecular complexity index is 452. The molecule has 1 aliphatic heterocycles. The Kier molecular flexibility index (Phi) is 3.49. The van der Waals surface area contributed by atoms with Crippen LogP contribution in [-0.2, 0) is 4.79 Å². The van der Waals surface area contributed by atoms with E-state index in [1.807, 2.05) is 0 Å². The van der Waals surface area contributed by atoms with Crippen molar-refractivity contribution in [2.24, 2.45) is 5.73 Å². The fourth-order valence-electron chi connectivity index (χ4n) is 2.23. The van der Waals surface area contributed by atoms with Crippen LogP contribution >= 0.6 is 15.9 Å². The van der Waals surface area contributed by atoms with Crippen molar-refractivity contribution in [3.63, 3.8) is 0 Å². The molecule has 2 rings (SSSR count). The Balaban J connectivity index is 2.36. The first-order valence-corrected chi connectivity index (χ1v) is 6.26. The summed E-state index contributed by atoms with van der Waals surface area (Å²) < 4.78 is 13.9. The minimum atomic E-state index is -0.332. The van der Waals surface area contributed by atoms with E-state index in [1.165, 1.54) is 6.07 Å². The maximum absolute atomic E-state index is 13.5. The Morgan fingerprint density at radius 3 is 2.88 bits per heavy atom. The Morgan fingerprint density at radius 1 is 1.53 bits per heavy atom. The highest BCUT2D eigenvalue weighted by Gasteiger charge is 2.32. The number of hydrogen-bond donors (Lipinski definition) is 1. The number of hydrogen-bond acceptors (Lipinski definition) is 2. The number of nitrogens with zero attached hydrogens (tertiary/aromatic N) is 1. The molecule has 1 amide bonds. The van der Waals surface area contributed by atoms with E-state index in [0.29, 0.717) is 17.3 Å². The van der Waals surface area contributed by atoms with Crippen LogP contribution in [0.2, 0.25) is 0 Å². The van der Waals surface area contributed by atoms with Gasteiger partial charge in [-0.05, 0) is 40.0 Å². The number of likely N-dealkylation sites (N-methyl/N-ethyl adjacent to an activating group) is 1. The number of likely N-dealkylation sites (tertiary alicyclic amines) is 1. The van der Waals surface area contributed by atoms with Crippen LogP contribution in [0.3, 0.4) is 0 Å². The van der Waals surface area contributed by atoms with Gasteiger partial charge in [-0.1, -0.05) is 6.07 Å². The quantitative estimate of drug-likeness (QED) is 0.864. The standard InChI is InChI=1S/C12H14BrFN2O/c1-16-11(17)5-4-10(15)12(16)7-2-3-8(13)9(14)6-7/h2-3,6,10,12H,4-5,15H2,1H3. The molecule has 1 saturated heterocycles. The van der Waals surface area contributed by atoms with Gasteiger partial charge in [0.05, 0.1) is 10.5 Å². The van der Waals surface area contributed by atoms with E-state index < -0.39 is 0 Å². The third-order valence-corrected chi connectivity index (χ3v) is 3.84. The van der Waals surface area contributed by atoms with Gasteiger partial charge in [-0.3, -0.25) is 4.79 Å². The summed E-state index contributed by atoms with van der Waals surface area (Å²) >= 11 is 3.11. The number of piperidine rings is 1. The summed E-state index contributed by atoms with van der Waals surface area (Å²) in [6.45, 7) is 0. The van der Waals surface area contributed by atoms with Crippen molar-refractivity contribution in [1.29, 1.82) is 0 Å². The highest BCUT2D eigenvalue weighted by atomic mass is 79.9. The van der Waals surface area contributed by atoms with Gasteiger partial charge >= 0.3 is 0 Å². The van der Waals surface area contributed by atoms with Crippen LogP contribution in [-0.4, -0.2) is 23.9 Å². The van der Waals surface area contributed by atoms with Gasteiger partial charge in [0, 0.05) is 19.5 Å². The second kappa shape index (κ2) is 4.74. The molecule has 0 radical (unpaired) electrons. The van der Waals surface area contributed by atoms with E-state index in [-0.39, 0.29) is 23.8 Å². The van der Waals surface area contributed by atoms with Gasteiger partial charge < -0.3 is 10.6 Å². The predicted molar refractivity (Wildman–Crippen MR) is 66.8 cm³/mol. The fourth-order valence-corrected chi connectivity index (χ4v) is 2.48. The number of nitrogens with two attached hydrogens (primary N) is 1. The van der Waals surface area contributed by atoms with Crippen molar-refractivity contribution < 1.29 is 9.18 Å². The molecule has 0 aliphatic carbocycles. The predicted octanol–water partition coefficient (Wildman–Crippen LogP) is 2.21. The topological polar surface area (TPSA) is 46.3 Å². The molecule has 5 heteroatoms. The molecule has 2 N–H and O–H groups in total. The SMILES string of the molecule is CN1C(=O)CCC(N)C1c1ccc(Br)c(F)c1. The lowest BCUT2D eigenvalue weighted by Gasteiger charge is -2.37. The van der Waals surface area contributed by atoms with Gasteiger partial charge in [-0.25, -0.2) is 4.39 Å². The smallest absolute Gasteiger partial charge is 0.222 e. The molecule has 0 saturated carbocycles. The van der Waals surface area contributed by atoms with Gasteiger partial charge in [0.25, 0.3) is 0 Å². The van der Waals surface area contributed by atoms with E-state index in [0.717, 1.165) is 5.56 Å². The maximum Gasteiger partial charge on any atom is 0.222 e. The second-order valence-electron chi connectivity index (χ2n) is 4.33. The average molecular weight is 301 g/mol. The number of amides is 1. The van der Waals surface area contributed by atoms with Gasteiger partial charge in [-0.2, -0.15) is 0 Å². The molecule has 0 bridgehead atoms. The molecule has 0 aromatic heterocycles. The molecule has 2 unspecified atom stereocenters. The molecule has 1 fully saturated rings. The van der Waals surface area contributed by atoms with Crippen LogP contribution in [0.5, 0.6) is 0 Å². The lowest BCUT2D eigenvalue weighted by atomic mass is 9.91. The van der Waals surface area contributed by atoms with Crippen molar-refractivity contribution >= 4 is 21.8 Å². The zero-order chi connectivity index (χ0) is 12.6. The summed E-state index contributed by atoms with van der Waals surface area (Å²) in [6, 6.07) is 4.50. The van der Waals surface area contributed by atoms with Gasteiger partial charge in [0.1, 0.15) is 5.82 Å². The van der Waals surface area contributed by atoms with Crippen LogP contribution in [0, 0.1) is 5.82 Å². The van der Waals surface area contributed by atoms with Crippen LogP contribution in [0.4, 0.5) is 4.39 Å². The van der Waals surface area contributed by atoms with Crippen molar-refractivity contribution in [3.8, 4) is 0 Å². The summed E-state index contributed by atoms with van der Waals surface area (Å²) in [4.78, 5) is 13.3. The van der Waals surface area contributed by atoms with Crippen molar-refractivity contribution in [3.05, 3.63) is 34.1 Å². The van der Waals surface area contributed by atoms with Gasteiger partial charge in [-0.15, -0.1) is 0 Å². The van der Waals surface area contributed by atoms with Crippen molar-refractivity contribution in [2.45, 2.75) is 24.9 Å². The first-order chi connectivity index (χ1) is 8.00. The molecular formula is C12H14BrFN2O. The number of benzene rings is 1. The minimum absolute atomic E-state index is 0.0556. The largest absolute Gasteiger partial charge is 0.337 e. The van der Waals surface area contributed by atoms with E-state index in [2.05, 4.69) is 15.9 Å². The molecule has 1 aliphatic rings. The summed E-state index contributed by atoms with van der Waals surface area (Å²) in [5, 5.41) is 0. The summed E-state index contributed by atoms with van der Waals surface area (Å²) in [6.07, 6.45) is 1.11. The third-order valence-electron chi connectivity index (χ3n) is 3.19. The zero-order valence-electron chi connectivity index (χ0n) is 9.49. The maximum atomic E-state index is 13.5. The molecule has 2 atom stereocenters. The lowest BCUT2D eigenvalue weighted by Crippen LogP contribution is -2.46. The molecule has 1 aromatic rings. The number of halogens is 2. The first-order valence-electron chi connectivity index (χ1n) is 5.47. The van der Waals surface area contributed by atoms with E-state index in [9.17, 15) is 9.18 Å². The molecule has 17 heavy (non-hydrogen) atoms. The van der Waals surface area contributed by atoms with Crippen LogP contribution in [0.25, 0.3) is 0 Å². The lowest BCUT2D eigenvalue weighted by molar-refractivity contribution is -0.135. The molecule has 3 nitrogen and oxygen atoms in total. The van der Waals surface area contributed by atoms with E-state index in [4.69, 9.17) is 5.73 Å². The minimum Gasteiger partial charge on any atom is -0.337 e.